The molecule has 4 aromatic carbocycles. The maximum Gasteiger partial charge on any atom is 2.00 e. The monoisotopic (exact) mass is 597 g/mol. The number of para-hydroxylation sites is 1. The van der Waals surface area contributed by atoms with Crippen molar-refractivity contribution in [2.24, 2.45) is 5.10 Å². The van der Waals surface area contributed by atoms with Gasteiger partial charge in [-0.1, -0.05) is 115 Å². The Bertz CT molecular complexity index is 1210. The van der Waals surface area contributed by atoms with E-state index in [2.05, 4.69) is 107 Å². The van der Waals surface area contributed by atoms with Crippen molar-refractivity contribution in [1.82, 2.24) is 4.98 Å². The third-order valence-corrected chi connectivity index (χ3v) is 7.65. The molecule has 4 nitrogen and oxygen atoms in total. The van der Waals surface area contributed by atoms with E-state index in [-0.39, 0.29) is 25.9 Å². The molecule has 0 aliphatic heterocycles. The van der Waals surface area contributed by atoms with Crippen LogP contribution in [0.3, 0.4) is 0 Å². The molecule has 0 fully saturated rings. The van der Waals surface area contributed by atoms with Crippen molar-refractivity contribution in [3.8, 4) is 0 Å². The van der Waals surface area contributed by atoms with E-state index in [1.807, 2.05) is 55.5 Å². The number of hydrazone groups is 1. The number of pyridine rings is 1. The molecule has 0 atom stereocenters. The van der Waals surface area contributed by atoms with Crippen molar-refractivity contribution < 1.29 is 25.9 Å². The van der Waals surface area contributed by atoms with E-state index in [0.717, 1.165) is 17.1 Å². The molecule has 0 amide bonds. The Morgan fingerprint density at radius 3 is 1.41 bits per heavy atom. The van der Waals surface area contributed by atoms with E-state index in [9.17, 15) is 0 Å². The summed E-state index contributed by atoms with van der Waals surface area (Å²) in [6.45, 7) is 1.93. The number of anilines is 1. The normalized spacial score (nSPS) is 10.3. The van der Waals surface area contributed by atoms with Gasteiger partial charge in [0, 0.05) is 6.20 Å². The van der Waals surface area contributed by atoms with Gasteiger partial charge in [-0.05, 0) is 55.0 Å². The number of rotatable bonds is 6. The summed E-state index contributed by atoms with van der Waals surface area (Å²) in [4.78, 5) is 4.22. The van der Waals surface area contributed by atoms with Crippen molar-refractivity contribution in [3.63, 3.8) is 0 Å². The van der Waals surface area contributed by atoms with Crippen LogP contribution in [-0.4, -0.2) is 16.2 Å². The zero-order valence-corrected chi connectivity index (χ0v) is 23.0. The predicted octanol–water partition coefficient (Wildman–Crippen LogP) is 5.54. The van der Waals surface area contributed by atoms with Gasteiger partial charge in [0.25, 0.3) is 0 Å². The van der Waals surface area contributed by atoms with Crippen molar-refractivity contribution in [3.05, 3.63) is 151 Å². The van der Waals surface area contributed by atoms with Crippen LogP contribution in [0, 0.1) is 0 Å². The van der Waals surface area contributed by atoms with Gasteiger partial charge in [0.1, 0.15) is 0 Å². The molecule has 0 saturated heterocycles. The van der Waals surface area contributed by atoms with Crippen LogP contribution in [0.25, 0.3) is 0 Å². The summed E-state index contributed by atoms with van der Waals surface area (Å²) in [7, 11) is -0.446. The van der Waals surface area contributed by atoms with Gasteiger partial charge < -0.3 is 5.48 Å². The Morgan fingerprint density at radius 1 is 0.595 bits per heavy atom. The van der Waals surface area contributed by atoms with E-state index in [1.165, 1.54) is 15.9 Å². The minimum atomic E-state index is -0.446. The zero-order valence-electron chi connectivity index (χ0n) is 20.5. The van der Waals surface area contributed by atoms with Crippen LogP contribution in [0.15, 0.2) is 151 Å². The first kappa shape index (κ1) is 29.8. The summed E-state index contributed by atoms with van der Waals surface area (Å²) >= 11 is 0. The summed E-state index contributed by atoms with van der Waals surface area (Å²) in [5.41, 5.74) is 5.71. The first-order valence-electron chi connectivity index (χ1n) is 11.5. The number of benzene rings is 4. The van der Waals surface area contributed by atoms with Crippen LogP contribution in [0.1, 0.15) is 12.6 Å². The maximum atomic E-state index is 4.27. The predicted molar refractivity (Wildman–Crippen MR) is 155 cm³/mol. The molecule has 6 heteroatoms. The maximum absolute atomic E-state index is 4.27. The number of aromatic nitrogens is 1. The van der Waals surface area contributed by atoms with Crippen molar-refractivity contribution in [2.75, 3.05) is 5.43 Å². The van der Waals surface area contributed by atoms with E-state index in [4.69, 9.17) is 0 Å². The molecule has 0 unspecified atom stereocenters. The minimum Gasteiger partial charge on any atom is -0.412 e. The molecule has 188 valence electrons. The first-order chi connectivity index (χ1) is 17.3. The Hall–Kier alpha value is -3.45. The first-order valence-corrected chi connectivity index (χ1v) is 12.9. The van der Waals surface area contributed by atoms with Gasteiger partial charge >= 0.3 is 20.4 Å². The van der Waals surface area contributed by atoms with Gasteiger partial charge in [-0.15, -0.1) is 0 Å². The van der Waals surface area contributed by atoms with Crippen LogP contribution in [0.5, 0.6) is 0 Å². The Labute approximate surface area is 234 Å². The van der Waals surface area contributed by atoms with Gasteiger partial charge in [0.2, 0.25) is 0 Å². The number of nitrogens with one attached hydrogen (secondary N) is 1. The Kier molecular flexibility index (Phi) is 13.1. The molecular formula is C31H30N3OPPd+2. The third kappa shape index (κ3) is 9.17. The van der Waals surface area contributed by atoms with Crippen molar-refractivity contribution >= 4 is 35.2 Å². The molecule has 0 aliphatic rings. The van der Waals surface area contributed by atoms with E-state index in [1.54, 1.807) is 6.20 Å². The van der Waals surface area contributed by atoms with Gasteiger partial charge in [-0.2, -0.15) is 5.10 Å². The third-order valence-electron chi connectivity index (χ3n) is 5.21. The Morgan fingerprint density at radius 2 is 1.00 bits per heavy atom. The van der Waals surface area contributed by atoms with Crippen LogP contribution >= 0.6 is 7.92 Å². The van der Waals surface area contributed by atoms with E-state index < -0.39 is 7.92 Å². The van der Waals surface area contributed by atoms with Gasteiger partial charge in [-0.3, -0.25) is 10.4 Å². The number of nitrogens with zero attached hydrogens (tertiary/aromatic N) is 2. The SMILES string of the molecule is C/C(=N\Nc1ccccc1)c1ccccn1.O.[Pd+2].c1ccc(P(c2ccccc2)c2ccccc2)cc1. The molecule has 0 bridgehead atoms. The molecule has 3 N–H and O–H groups in total. The molecule has 5 aromatic rings. The fourth-order valence-corrected chi connectivity index (χ4v) is 5.78. The molecule has 0 spiro atoms. The fraction of sp³-hybridized carbons (Fsp3) is 0.0323. The van der Waals surface area contributed by atoms with Crippen LogP contribution in [0.2, 0.25) is 0 Å². The summed E-state index contributed by atoms with van der Waals surface area (Å²) in [6, 6.07) is 47.9. The second kappa shape index (κ2) is 16.3. The van der Waals surface area contributed by atoms with Gasteiger partial charge in [0.15, 0.2) is 0 Å². The molecule has 0 radical (unpaired) electrons. The average Bonchev–Trinajstić information content (AvgIpc) is 2.95. The van der Waals surface area contributed by atoms with Gasteiger partial charge in [-0.25, -0.2) is 0 Å². The summed E-state index contributed by atoms with van der Waals surface area (Å²) in [6.07, 6.45) is 1.76. The molecule has 1 aromatic heterocycles. The summed E-state index contributed by atoms with van der Waals surface area (Å²) in [5, 5.41) is 8.46. The zero-order chi connectivity index (χ0) is 24.1. The molecule has 0 aliphatic carbocycles. The van der Waals surface area contributed by atoms with Gasteiger partial charge in [0.05, 0.1) is 17.1 Å². The largest absolute Gasteiger partial charge is 2.00 e. The van der Waals surface area contributed by atoms with Crippen molar-refractivity contribution in [1.29, 1.82) is 0 Å². The molecule has 1 heterocycles. The second-order valence-electron chi connectivity index (χ2n) is 7.73. The fourth-order valence-electron chi connectivity index (χ4n) is 3.47. The quantitative estimate of drug-likeness (QED) is 0.121. The van der Waals surface area contributed by atoms with E-state index in [0.29, 0.717) is 0 Å². The topological polar surface area (TPSA) is 68.8 Å². The molecule has 37 heavy (non-hydrogen) atoms. The second-order valence-corrected chi connectivity index (χ2v) is 9.95. The smallest absolute Gasteiger partial charge is 0.412 e. The minimum absolute atomic E-state index is 0. The average molecular weight is 598 g/mol. The van der Waals surface area contributed by atoms with Crippen LogP contribution < -0.4 is 21.3 Å². The van der Waals surface area contributed by atoms with Crippen LogP contribution in [0.4, 0.5) is 5.69 Å². The number of hydrogen-bond donors (Lipinski definition) is 1. The number of hydrogen-bond acceptors (Lipinski definition) is 3. The van der Waals surface area contributed by atoms with Crippen LogP contribution in [-0.2, 0) is 20.4 Å². The summed E-state index contributed by atoms with van der Waals surface area (Å²) < 4.78 is 0. The van der Waals surface area contributed by atoms with Crippen molar-refractivity contribution in [2.45, 2.75) is 6.92 Å². The summed E-state index contributed by atoms with van der Waals surface area (Å²) in [5.74, 6) is 0. The Balaban J connectivity index is 0.000000250. The standard InChI is InChI=1S/C18H15P.C13H13N3.H2O.Pd/c1-4-10-16(11-5-1)19(17-12-6-2-7-13-17)18-14-8-3-9-15-18;1-11(13-9-5-6-10-14-13)15-16-12-7-3-2-4-8-12;;/h1-15H;2-10,16H,1H3;1H2;/q;;;+2/b;15-11+;;. The molecular weight excluding hydrogens is 568 g/mol. The van der Waals surface area contributed by atoms with E-state index >= 15 is 0 Å². The molecule has 5 rings (SSSR count). The molecule has 0 saturated carbocycles.